The van der Waals surface area contributed by atoms with Gasteiger partial charge in [-0.2, -0.15) is 0 Å². The Morgan fingerprint density at radius 3 is 2.57 bits per heavy atom. The number of hydrogen-bond acceptors (Lipinski definition) is 4. The number of amidine groups is 1. The summed E-state index contributed by atoms with van der Waals surface area (Å²) >= 11 is 1.34. The topological polar surface area (TPSA) is 55.6 Å². The van der Waals surface area contributed by atoms with E-state index >= 15 is 0 Å². The molecule has 1 aromatic heterocycles. The van der Waals surface area contributed by atoms with E-state index in [0.717, 1.165) is 28.4 Å². The zero-order valence-corrected chi connectivity index (χ0v) is 16.4. The van der Waals surface area contributed by atoms with E-state index < -0.39 is 0 Å². The van der Waals surface area contributed by atoms with E-state index in [1.165, 1.54) is 11.8 Å². The molecular weight excluding hydrogens is 370 g/mol. The standard InChI is InChI=1S/C22H19N3O2S/c1-15-12-16(14-25(15)18-6-4-3-5-7-18)13-20-21(26)24-22(28-20)23-17-8-10-19(27-2)11-9-17/h3-14H,1-2H3,(H,23,24,26)/b20-13+. The summed E-state index contributed by atoms with van der Waals surface area (Å²) < 4.78 is 7.26. The average Bonchev–Trinajstić information content (AvgIpc) is 3.25. The number of aromatic nitrogens is 1. The molecule has 0 radical (unpaired) electrons. The lowest BCUT2D eigenvalue weighted by atomic mass is 10.3. The van der Waals surface area contributed by atoms with Gasteiger partial charge in [-0.25, -0.2) is 4.99 Å². The molecule has 1 fully saturated rings. The minimum absolute atomic E-state index is 0.137. The number of ether oxygens (including phenoxy) is 1. The first kappa shape index (κ1) is 18.1. The van der Waals surface area contributed by atoms with Crippen molar-refractivity contribution in [1.29, 1.82) is 0 Å². The molecule has 1 aliphatic heterocycles. The molecule has 5 nitrogen and oxygen atoms in total. The van der Waals surface area contributed by atoms with Gasteiger partial charge in [0.2, 0.25) is 0 Å². The molecule has 0 unspecified atom stereocenters. The van der Waals surface area contributed by atoms with Gasteiger partial charge in [-0.15, -0.1) is 0 Å². The Hall–Kier alpha value is -3.25. The fourth-order valence-electron chi connectivity index (χ4n) is 2.95. The molecule has 1 saturated heterocycles. The third kappa shape index (κ3) is 3.87. The van der Waals surface area contributed by atoms with Gasteiger partial charge < -0.3 is 14.6 Å². The van der Waals surface area contributed by atoms with E-state index in [0.29, 0.717) is 10.1 Å². The molecule has 0 saturated carbocycles. The molecule has 6 heteroatoms. The summed E-state index contributed by atoms with van der Waals surface area (Å²) in [6.45, 7) is 2.05. The van der Waals surface area contributed by atoms with Crippen molar-refractivity contribution < 1.29 is 9.53 Å². The number of rotatable bonds is 4. The molecule has 3 aromatic rings. The van der Waals surface area contributed by atoms with Crippen LogP contribution in [0, 0.1) is 6.92 Å². The van der Waals surface area contributed by atoms with Gasteiger partial charge in [0, 0.05) is 17.6 Å². The Morgan fingerprint density at radius 1 is 1.11 bits per heavy atom. The monoisotopic (exact) mass is 389 g/mol. The van der Waals surface area contributed by atoms with Gasteiger partial charge in [-0.1, -0.05) is 18.2 Å². The fourth-order valence-corrected chi connectivity index (χ4v) is 3.79. The molecule has 0 spiro atoms. The molecule has 1 amide bonds. The van der Waals surface area contributed by atoms with Gasteiger partial charge in [0.1, 0.15) is 5.75 Å². The van der Waals surface area contributed by atoms with Crippen molar-refractivity contribution in [2.45, 2.75) is 6.92 Å². The minimum atomic E-state index is -0.137. The molecule has 0 atom stereocenters. The number of amides is 1. The molecule has 1 aliphatic rings. The molecule has 4 rings (SSSR count). The van der Waals surface area contributed by atoms with Crippen LogP contribution in [0.2, 0.25) is 0 Å². The van der Waals surface area contributed by atoms with E-state index in [1.807, 2.05) is 61.7 Å². The van der Waals surface area contributed by atoms with E-state index in [9.17, 15) is 4.79 Å². The number of methoxy groups -OCH3 is 1. The second-order valence-corrected chi connectivity index (χ2v) is 7.33. The number of benzene rings is 2. The Labute approximate surface area is 167 Å². The van der Waals surface area contributed by atoms with Crippen LogP contribution in [0.5, 0.6) is 5.75 Å². The first-order valence-electron chi connectivity index (χ1n) is 8.80. The fraction of sp³-hybridized carbons (Fsp3) is 0.0909. The summed E-state index contributed by atoms with van der Waals surface area (Å²) in [7, 11) is 1.62. The Morgan fingerprint density at radius 2 is 1.86 bits per heavy atom. The van der Waals surface area contributed by atoms with Crippen LogP contribution < -0.4 is 10.1 Å². The highest BCUT2D eigenvalue weighted by molar-refractivity contribution is 8.18. The second kappa shape index (κ2) is 7.78. The number of carbonyl (C=O) groups excluding carboxylic acids is 1. The minimum Gasteiger partial charge on any atom is -0.497 e. The third-order valence-electron chi connectivity index (χ3n) is 4.32. The predicted molar refractivity (Wildman–Crippen MR) is 114 cm³/mol. The predicted octanol–water partition coefficient (Wildman–Crippen LogP) is 4.69. The lowest BCUT2D eigenvalue weighted by molar-refractivity contribution is -0.115. The third-order valence-corrected chi connectivity index (χ3v) is 5.23. The summed E-state index contributed by atoms with van der Waals surface area (Å²) in [5, 5.41) is 3.39. The van der Waals surface area contributed by atoms with Crippen LogP contribution in [0.3, 0.4) is 0 Å². The number of para-hydroxylation sites is 1. The molecule has 1 N–H and O–H groups in total. The maximum atomic E-state index is 12.3. The van der Waals surface area contributed by atoms with Crippen LogP contribution in [0.4, 0.5) is 5.69 Å². The highest BCUT2D eigenvalue weighted by atomic mass is 32.2. The first-order valence-corrected chi connectivity index (χ1v) is 9.62. The van der Waals surface area contributed by atoms with E-state index in [-0.39, 0.29) is 5.91 Å². The first-order chi connectivity index (χ1) is 13.6. The van der Waals surface area contributed by atoms with E-state index in [4.69, 9.17) is 4.74 Å². The molecule has 2 aromatic carbocycles. The molecular formula is C22H19N3O2S. The summed E-state index contributed by atoms with van der Waals surface area (Å²) in [5.41, 5.74) is 3.93. The lowest BCUT2D eigenvalue weighted by Crippen LogP contribution is -2.19. The van der Waals surface area contributed by atoms with Crippen LogP contribution in [0.25, 0.3) is 11.8 Å². The largest absolute Gasteiger partial charge is 0.497 e. The summed E-state index contributed by atoms with van der Waals surface area (Å²) in [6, 6.07) is 19.6. The number of aryl methyl sites for hydroxylation is 1. The summed E-state index contributed by atoms with van der Waals surface area (Å²) in [6.07, 6.45) is 3.92. The van der Waals surface area contributed by atoms with Crippen molar-refractivity contribution in [2.24, 2.45) is 4.99 Å². The van der Waals surface area contributed by atoms with Crippen molar-refractivity contribution in [3.8, 4) is 11.4 Å². The van der Waals surface area contributed by atoms with Gasteiger partial charge in [-0.05, 0) is 72.8 Å². The molecule has 0 aliphatic carbocycles. The van der Waals surface area contributed by atoms with Gasteiger partial charge in [-0.3, -0.25) is 4.79 Å². The number of carbonyl (C=O) groups is 1. The maximum Gasteiger partial charge on any atom is 0.264 e. The number of thioether (sulfide) groups is 1. The van der Waals surface area contributed by atoms with Crippen molar-refractivity contribution in [1.82, 2.24) is 9.88 Å². The normalized spacial score (nSPS) is 16.6. The lowest BCUT2D eigenvalue weighted by Gasteiger charge is -2.04. The molecule has 0 bridgehead atoms. The molecule has 140 valence electrons. The van der Waals surface area contributed by atoms with E-state index in [1.54, 1.807) is 7.11 Å². The van der Waals surface area contributed by atoms with Gasteiger partial charge in [0.15, 0.2) is 5.17 Å². The number of nitrogens with one attached hydrogen (secondary N) is 1. The highest BCUT2D eigenvalue weighted by Crippen LogP contribution is 2.29. The van der Waals surface area contributed by atoms with Gasteiger partial charge >= 0.3 is 0 Å². The van der Waals surface area contributed by atoms with Crippen LogP contribution in [-0.4, -0.2) is 22.8 Å². The van der Waals surface area contributed by atoms with Crippen LogP contribution in [0.1, 0.15) is 11.3 Å². The average molecular weight is 389 g/mol. The summed E-state index contributed by atoms with van der Waals surface area (Å²) in [4.78, 5) is 17.4. The number of nitrogens with zero attached hydrogens (tertiary/aromatic N) is 2. The molecule has 28 heavy (non-hydrogen) atoms. The Kier molecular flexibility index (Phi) is 5.04. The van der Waals surface area contributed by atoms with Crippen molar-refractivity contribution in [2.75, 3.05) is 7.11 Å². The zero-order chi connectivity index (χ0) is 19.5. The van der Waals surface area contributed by atoms with Crippen molar-refractivity contribution in [3.05, 3.63) is 83.0 Å². The van der Waals surface area contributed by atoms with Crippen molar-refractivity contribution in [3.63, 3.8) is 0 Å². The second-order valence-electron chi connectivity index (χ2n) is 6.30. The number of aliphatic imine (C=N–C) groups is 1. The smallest absolute Gasteiger partial charge is 0.264 e. The van der Waals surface area contributed by atoms with Gasteiger partial charge in [0.25, 0.3) is 5.91 Å². The quantitative estimate of drug-likeness (QED) is 0.659. The van der Waals surface area contributed by atoms with Crippen LogP contribution in [0.15, 0.2) is 76.8 Å². The zero-order valence-electron chi connectivity index (χ0n) is 15.5. The van der Waals surface area contributed by atoms with Crippen LogP contribution >= 0.6 is 11.8 Å². The van der Waals surface area contributed by atoms with Crippen LogP contribution in [-0.2, 0) is 4.79 Å². The van der Waals surface area contributed by atoms with Crippen molar-refractivity contribution >= 4 is 34.6 Å². The van der Waals surface area contributed by atoms with Gasteiger partial charge in [0.05, 0.1) is 17.7 Å². The Balaban J connectivity index is 1.56. The highest BCUT2D eigenvalue weighted by Gasteiger charge is 2.24. The van der Waals surface area contributed by atoms with E-state index in [2.05, 4.69) is 33.1 Å². The number of hydrogen-bond donors (Lipinski definition) is 1. The maximum absolute atomic E-state index is 12.3. The summed E-state index contributed by atoms with van der Waals surface area (Å²) in [5.74, 6) is 0.633. The molecule has 2 heterocycles. The Bertz CT molecular complexity index is 1070. The SMILES string of the molecule is COc1ccc(N=C2NC(=O)/C(=C\c3cc(C)n(-c4ccccc4)c3)S2)cc1.